The molecule has 1 aliphatic heterocycles. The van der Waals surface area contributed by atoms with Gasteiger partial charge in [0.25, 0.3) is 0 Å². The van der Waals surface area contributed by atoms with E-state index in [0.29, 0.717) is 17.7 Å². The van der Waals surface area contributed by atoms with Crippen LogP contribution in [0.1, 0.15) is 47.0 Å². The normalized spacial score (nSPS) is 23.7. The zero-order chi connectivity index (χ0) is 10.7. The predicted molar refractivity (Wildman–Crippen MR) is 59.3 cm³/mol. The highest BCUT2D eigenvalue weighted by molar-refractivity contribution is 5.84. The Morgan fingerprint density at radius 1 is 1.36 bits per heavy atom. The Labute approximate surface area is 87.7 Å². The van der Waals surface area contributed by atoms with Crippen molar-refractivity contribution in [2.24, 2.45) is 5.92 Å². The van der Waals surface area contributed by atoms with Gasteiger partial charge in [0, 0.05) is 12.5 Å². The Morgan fingerprint density at radius 2 is 2.00 bits per heavy atom. The van der Waals surface area contributed by atoms with E-state index in [1.165, 1.54) is 6.42 Å². The number of nitrogens with zero attached hydrogens (tertiary/aromatic N) is 1. The number of rotatable bonds is 4. The molecule has 1 rings (SSSR count). The summed E-state index contributed by atoms with van der Waals surface area (Å²) < 4.78 is 0. The second-order valence-corrected chi connectivity index (χ2v) is 5.05. The monoisotopic (exact) mass is 197 g/mol. The third-order valence-electron chi connectivity index (χ3n) is 2.94. The van der Waals surface area contributed by atoms with Crippen molar-refractivity contribution in [3.63, 3.8) is 0 Å². The average Bonchev–Trinajstić information content (AvgIpc) is 2.49. The van der Waals surface area contributed by atoms with Crippen LogP contribution in [0.5, 0.6) is 0 Å². The molecule has 0 amide bonds. The van der Waals surface area contributed by atoms with Crippen molar-refractivity contribution in [2.45, 2.75) is 59.0 Å². The molecule has 2 nitrogen and oxygen atoms in total. The molecule has 0 N–H and O–H groups in total. The summed E-state index contributed by atoms with van der Waals surface area (Å²) >= 11 is 0. The Bertz CT molecular complexity index is 198. The molecule has 0 aromatic heterocycles. The second kappa shape index (κ2) is 4.92. The molecule has 0 bridgehead atoms. The number of carbonyl (C=O) groups excluding carboxylic acids is 1. The summed E-state index contributed by atoms with van der Waals surface area (Å²) in [5.74, 6) is 0.948. The van der Waals surface area contributed by atoms with Gasteiger partial charge in [-0.1, -0.05) is 13.8 Å². The molecule has 0 aliphatic carbocycles. The van der Waals surface area contributed by atoms with E-state index in [4.69, 9.17) is 0 Å². The van der Waals surface area contributed by atoms with Crippen molar-refractivity contribution in [3.05, 3.63) is 0 Å². The summed E-state index contributed by atoms with van der Waals surface area (Å²) in [5.41, 5.74) is 0. The van der Waals surface area contributed by atoms with E-state index in [1.807, 2.05) is 0 Å². The smallest absolute Gasteiger partial charge is 0.150 e. The molecule has 82 valence electrons. The third-order valence-corrected chi connectivity index (χ3v) is 2.94. The highest BCUT2D eigenvalue weighted by Crippen LogP contribution is 2.22. The zero-order valence-corrected chi connectivity index (χ0v) is 9.92. The van der Waals surface area contributed by atoms with Crippen LogP contribution in [0.3, 0.4) is 0 Å². The largest absolute Gasteiger partial charge is 0.298 e. The van der Waals surface area contributed by atoms with Gasteiger partial charge in [-0.25, -0.2) is 0 Å². The zero-order valence-electron chi connectivity index (χ0n) is 9.92. The molecule has 0 saturated carbocycles. The standard InChI is InChI=1S/C12H23NO/c1-9(2)8-12(14)11-6-5-7-13(11)10(3)4/h9-11H,5-8H2,1-4H3/t11-/m0/s1. The first-order valence-electron chi connectivity index (χ1n) is 5.80. The Hall–Kier alpha value is -0.370. The number of likely N-dealkylation sites (tertiary alicyclic amines) is 1. The molecule has 0 aromatic rings. The molecule has 2 heteroatoms. The first kappa shape index (κ1) is 11.7. The van der Waals surface area contributed by atoms with Gasteiger partial charge in [0.2, 0.25) is 0 Å². The van der Waals surface area contributed by atoms with Gasteiger partial charge in [0.05, 0.1) is 6.04 Å². The minimum atomic E-state index is 0.220. The Kier molecular flexibility index (Phi) is 4.11. The van der Waals surface area contributed by atoms with Crippen LogP contribution >= 0.6 is 0 Å². The van der Waals surface area contributed by atoms with Gasteiger partial charge in [-0.15, -0.1) is 0 Å². The quantitative estimate of drug-likeness (QED) is 0.690. The maximum atomic E-state index is 11.9. The number of hydrogen-bond acceptors (Lipinski definition) is 2. The number of Topliss-reactive ketones (excluding diaryl/α,β-unsaturated/α-hetero) is 1. The average molecular weight is 197 g/mol. The molecule has 1 heterocycles. The minimum Gasteiger partial charge on any atom is -0.298 e. The van der Waals surface area contributed by atoms with Crippen molar-refractivity contribution in [1.82, 2.24) is 4.90 Å². The van der Waals surface area contributed by atoms with Crippen molar-refractivity contribution in [1.29, 1.82) is 0 Å². The van der Waals surface area contributed by atoms with Gasteiger partial charge < -0.3 is 0 Å². The molecular weight excluding hydrogens is 174 g/mol. The van der Waals surface area contributed by atoms with Crippen LogP contribution in [0.25, 0.3) is 0 Å². The second-order valence-electron chi connectivity index (χ2n) is 5.05. The maximum Gasteiger partial charge on any atom is 0.150 e. The van der Waals surface area contributed by atoms with E-state index in [1.54, 1.807) is 0 Å². The van der Waals surface area contributed by atoms with Gasteiger partial charge in [-0.3, -0.25) is 9.69 Å². The predicted octanol–water partition coefficient (Wildman–Crippen LogP) is 2.47. The highest BCUT2D eigenvalue weighted by Gasteiger charge is 2.31. The van der Waals surface area contributed by atoms with Crippen molar-refractivity contribution < 1.29 is 4.79 Å². The lowest BCUT2D eigenvalue weighted by Gasteiger charge is -2.27. The van der Waals surface area contributed by atoms with E-state index < -0.39 is 0 Å². The van der Waals surface area contributed by atoms with Gasteiger partial charge in [0.1, 0.15) is 5.78 Å². The van der Waals surface area contributed by atoms with Gasteiger partial charge >= 0.3 is 0 Å². The van der Waals surface area contributed by atoms with E-state index in [0.717, 1.165) is 19.4 Å². The lowest BCUT2D eigenvalue weighted by Crippen LogP contribution is -2.40. The van der Waals surface area contributed by atoms with Crippen LogP contribution in [0, 0.1) is 5.92 Å². The lowest BCUT2D eigenvalue weighted by molar-refractivity contribution is -0.124. The molecule has 1 saturated heterocycles. The van der Waals surface area contributed by atoms with Crippen molar-refractivity contribution in [2.75, 3.05) is 6.54 Å². The lowest BCUT2D eigenvalue weighted by atomic mass is 10.00. The minimum absolute atomic E-state index is 0.220. The van der Waals surface area contributed by atoms with E-state index in [-0.39, 0.29) is 6.04 Å². The van der Waals surface area contributed by atoms with Crippen molar-refractivity contribution >= 4 is 5.78 Å². The van der Waals surface area contributed by atoms with Gasteiger partial charge in [0.15, 0.2) is 0 Å². The topological polar surface area (TPSA) is 20.3 Å². The van der Waals surface area contributed by atoms with Crippen LogP contribution in [0.15, 0.2) is 0 Å². The molecule has 0 aromatic carbocycles. The van der Waals surface area contributed by atoms with Crippen LogP contribution in [-0.2, 0) is 4.79 Å². The third kappa shape index (κ3) is 2.81. The van der Waals surface area contributed by atoms with E-state index >= 15 is 0 Å². The van der Waals surface area contributed by atoms with Crippen molar-refractivity contribution in [3.8, 4) is 0 Å². The Balaban J connectivity index is 2.53. The van der Waals surface area contributed by atoms with E-state index in [2.05, 4.69) is 32.6 Å². The summed E-state index contributed by atoms with van der Waals surface area (Å²) in [6.07, 6.45) is 3.00. The van der Waals surface area contributed by atoms with Crippen LogP contribution in [-0.4, -0.2) is 29.3 Å². The summed E-state index contributed by atoms with van der Waals surface area (Å²) in [7, 11) is 0. The van der Waals surface area contributed by atoms with Crippen LogP contribution in [0.4, 0.5) is 0 Å². The van der Waals surface area contributed by atoms with Crippen LogP contribution in [0.2, 0.25) is 0 Å². The number of hydrogen-bond donors (Lipinski definition) is 0. The van der Waals surface area contributed by atoms with Gasteiger partial charge in [-0.2, -0.15) is 0 Å². The molecule has 0 radical (unpaired) electrons. The molecular formula is C12H23NO. The number of carbonyl (C=O) groups is 1. The molecule has 14 heavy (non-hydrogen) atoms. The molecule has 1 fully saturated rings. The summed E-state index contributed by atoms with van der Waals surface area (Å²) in [6.45, 7) is 9.70. The summed E-state index contributed by atoms with van der Waals surface area (Å²) in [6, 6.07) is 0.732. The maximum absolute atomic E-state index is 11.9. The van der Waals surface area contributed by atoms with Gasteiger partial charge in [-0.05, 0) is 39.2 Å². The molecule has 1 atom stereocenters. The summed E-state index contributed by atoms with van der Waals surface area (Å²) in [5, 5.41) is 0. The Morgan fingerprint density at radius 3 is 2.50 bits per heavy atom. The SMILES string of the molecule is CC(C)CC(=O)[C@@H]1CCCN1C(C)C. The fraction of sp³-hybridized carbons (Fsp3) is 0.917. The highest BCUT2D eigenvalue weighted by atomic mass is 16.1. The van der Waals surface area contributed by atoms with Crippen LogP contribution < -0.4 is 0 Å². The molecule has 1 aliphatic rings. The molecule has 0 spiro atoms. The van der Waals surface area contributed by atoms with E-state index in [9.17, 15) is 4.79 Å². The molecule has 0 unspecified atom stereocenters. The fourth-order valence-electron chi connectivity index (χ4n) is 2.29. The fourth-order valence-corrected chi connectivity index (χ4v) is 2.29. The summed E-state index contributed by atoms with van der Waals surface area (Å²) in [4.78, 5) is 14.3. The first-order chi connectivity index (χ1) is 6.52. The number of ketones is 1. The first-order valence-corrected chi connectivity index (χ1v) is 5.80.